The Kier molecular flexibility index (Phi) is 5.46. The number of nitrogens with one attached hydrogen (secondary N) is 2. The van der Waals surface area contributed by atoms with E-state index in [1.54, 1.807) is 12.4 Å². The minimum atomic E-state index is 0.240. The van der Waals surface area contributed by atoms with Gasteiger partial charge in [0.05, 0.1) is 5.69 Å². The Labute approximate surface area is 152 Å². The average Bonchev–Trinajstić information content (AvgIpc) is 2.61. The lowest BCUT2D eigenvalue weighted by Crippen LogP contribution is -2.14. The molecule has 5 nitrogen and oxygen atoms in total. The number of hydrogen-bond donors (Lipinski definition) is 2. The molecule has 25 heavy (non-hydrogen) atoms. The number of benzene rings is 1. The number of halogens is 1. The van der Waals surface area contributed by atoms with E-state index in [2.05, 4.69) is 39.4 Å². The standard InChI is InChI=1S/C19H20ClN5/c1-13(2)23-19-24-17(14-7-9-21-10-8-14)11-18(25-19)22-12-15-5-3-4-6-16(15)20/h3-11,13H,12H2,1-2H3,(H2,22,23,24,25). The molecule has 0 bridgehead atoms. The van der Waals surface area contributed by atoms with Crippen molar-refractivity contribution in [3.63, 3.8) is 0 Å². The van der Waals surface area contributed by atoms with Gasteiger partial charge in [-0.25, -0.2) is 4.98 Å². The molecule has 2 heterocycles. The van der Waals surface area contributed by atoms with Crippen LogP contribution in [0.4, 0.5) is 11.8 Å². The van der Waals surface area contributed by atoms with Gasteiger partial charge >= 0.3 is 0 Å². The first kappa shape index (κ1) is 17.2. The van der Waals surface area contributed by atoms with Crippen molar-refractivity contribution in [2.75, 3.05) is 10.6 Å². The Morgan fingerprint density at radius 1 is 1.04 bits per heavy atom. The number of pyridine rings is 1. The highest BCUT2D eigenvalue weighted by Gasteiger charge is 2.08. The summed E-state index contributed by atoms with van der Waals surface area (Å²) in [5.41, 5.74) is 2.85. The smallest absolute Gasteiger partial charge is 0.225 e. The lowest BCUT2D eigenvalue weighted by atomic mass is 10.2. The highest BCUT2D eigenvalue weighted by molar-refractivity contribution is 6.31. The minimum absolute atomic E-state index is 0.240. The Hall–Kier alpha value is -2.66. The van der Waals surface area contributed by atoms with E-state index in [0.29, 0.717) is 12.5 Å². The highest BCUT2D eigenvalue weighted by atomic mass is 35.5. The van der Waals surface area contributed by atoms with Crippen LogP contribution in [0.15, 0.2) is 54.9 Å². The second kappa shape index (κ2) is 7.94. The number of hydrogen-bond acceptors (Lipinski definition) is 5. The molecule has 0 saturated heterocycles. The first-order valence-electron chi connectivity index (χ1n) is 8.15. The second-order valence-electron chi connectivity index (χ2n) is 5.94. The molecule has 128 valence electrons. The lowest BCUT2D eigenvalue weighted by molar-refractivity contribution is 0.874. The molecule has 6 heteroatoms. The van der Waals surface area contributed by atoms with Crippen LogP contribution in [-0.4, -0.2) is 21.0 Å². The summed E-state index contributed by atoms with van der Waals surface area (Å²) >= 11 is 6.23. The largest absolute Gasteiger partial charge is 0.366 e. The molecule has 0 radical (unpaired) electrons. The molecule has 0 amide bonds. The van der Waals surface area contributed by atoms with Gasteiger partial charge in [0, 0.05) is 41.6 Å². The monoisotopic (exact) mass is 353 g/mol. The van der Waals surface area contributed by atoms with E-state index < -0.39 is 0 Å². The minimum Gasteiger partial charge on any atom is -0.366 e. The molecule has 1 aromatic carbocycles. The Balaban J connectivity index is 1.88. The zero-order valence-electron chi connectivity index (χ0n) is 14.2. The lowest BCUT2D eigenvalue weighted by Gasteiger charge is -2.13. The van der Waals surface area contributed by atoms with Gasteiger partial charge in [-0.2, -0.15) is 4.98 Å². The molecule has 0 fully saturated rings. The van der Waals surface area contributed by atoms with Gasteiger partial charge in [0.1, 0.15) is 5.82 Å². The summed E-state index contributed by atoms with van der Waals surface area (Å²) in [4.78, 5) is 13.2. The normalized spacial score (nSPS) is 10.7. The van der Waals surface area contributed by atoms with Crippen molar-refractivity contribution in [3.8, 4) is 11.3 Å². The molecular weight excluding hydrogens is 334 g/mol. The molecule has 0 aliphatic heterocycles. The SMILES string of the molecule is CC(C)Nc1nc(NCc2ccccc2Cl)cc(-c2ccncc2)n1. The molecule has 3 aromatic rings. The number of aromatic nitrogens is 3. The van der Waals surface area contributed by atoms with Crippen LogP contribution in [0.1, 0.15) is 19.4 Å². The Bertz CT molecular complexity index is 836. The fraction of sp³-hybridized carbons (Fsp3) is 0.211. The molecule has 0 unspecified atom stereocenters. The Morgan fingerprint density at radius 3 is 2.52 bits per heavy atom. The van der Waals surface area contributed by atoms with Gasteiger partial charge in [-0.05, 0) is 37.6 Å². The molecule has 0 aliphatic rings. The number of nitrogens with zero attached hydrogens (tertiary/aromatic N) is 3. The molecule has 0 spiro atoms. The van der Waals surface area contributed by atoms with Gasteiger partial charge < -0.3 is 10.6 Å². The van der Waals surface area contributed by atoms with E-state index in [9.17, 15) is 0 Å². The van der Waals surface area contributed by atoms with Gasteiger partial charge in [-0.3, -0.25) is 4.98 Å². The zero-order valence-corrected chi connectivity index (χ0v) is 15.0. The first-order chi connectivity index (χ1) is 12.1. The number of rotatable bonds is 6. The van der Waals surface area contributed by atoms with E-state index >= 15 is 0 Å². The van der Waals surface area contributed by atoms with E-state index in [1.165, 1.54) is 0 Å². The summed E-state index contributed by atoms with van der Waals surface area (Å²) in [7, 11) is 0. The second-order valence-corrected chi connectivity index (χ2v) is 6.35. The number of anilines is 2. The van der Waals surface area contributed by atoms with Crippen molar-refractivity contribution >= 4 is 23.4 Å². The average molecular weight is 354 g/mol. The molecule has 0 atom stereocenters. The van der Waals surface area contributed by atoms with Crippen molar-refractivity contribution in [1.29, 1.82) is 0 Å². The van der Waals surface area contributed by atoms with Crippen molar-refractivity contribution < 1.29 is 0 Å². The van der Waals surface area contributed by atoms with Crippen LogP contribution in [0.25, 0.3) is 11.3 Å². The third-order valence-corrected chi connectivity index (χ3v) is 3.91. The van der Waals surface area contributed by atoms with Crippen molar-refractivity contribution in [3.05, 3.63) is 65.4 Å². The molecular formula is C19H20ClN5. The third-order valence-electron chi connectivity index (χ3n) is 3.54. The quantitative estimate of drug-likeness (QED) is 0.676. The van der Waals surface area contributed by atoms with Gasteiger partial charge in [0.25, 0.3) is 0 Å². The van der Waals surface area contributed by atoms with Gasteiger partial charge in [0.2, 0.25) is 5.95 Å². The third kappa shape index (κ3) is 4.67. The van der Waals surface area contributed by atoms with Gasteiger partial charge in [0.15, 0.2) is 0 Å². The topological polar surface area (TPSA) is 62.7 Å². The summed E-state index contributed by atoms with van der Waals surface area (Å²) in [5.74, 6) is 1.33. The molecule has 3 rings (SSSR count). The van der Waals surface area contributed by atoms with Crippen LogP contribution in [-0.2, 0) is 6.54 Å². The van der Waals surface area contributed by atoms with Crippen LogP contribution in [0.3, 0.4) is 0 Å². The highest BCUT2D eigenvalue weighted by Crippen LogP contribution is 2.22. The van der Waals surface area contributed by atoms with Crippen LogP contribution in [0.5, 0.6) is 0 Å². The fourth-order valence-electron chi connectivity index (χ4n) is 2.36. The molecule has 2 N–H and O–H groups in total. The predicted molar refractivity (Wildman–Crippen MR) is 103 cm³/mol. The fourth-order valence-corrected chi connectivity index (χ4v) is 2.56. The predicted octanol–water partition coefficient (Wildman–Crippen LogP) is 4.62. The first-order valence-corrected chi connectivity index (χ1v) is 8.53. The van der Waals surface area contributed by atoms with Crippen molar-refractivity contribution in [2.45, 2.75) is 26.4 Å². The van der Waals surface area contributed by atoms with E-state index in [1.807, 2.05) is 42.5 Å². The summed E-state index contributed by atoms with van der Waals surface area (Å²) in [6, 6.07) is 13.8. The molecule has 0 saturated carbocycles. The van der Waals surface area contributed by atoms with Crippen LogP contribution >= 0.6 is 11.6 Å². The summed E-state index contributed by atoms with van der Waals surface area (Å²) in [5, 5.41) is 7.33. The van der Waals surface area contributed by atoms with E-state index in [-0.39, 0.29) is 6.04 Å². The summed E-state index contributed by atoms with van der Waals surface area (Å²) in [6.45, 7) is 4.70. The van der Waals surface area contributed by atoms with Gasteiger partial charge in [-0.15, -0.1) is 0 Å². The van der Waals surface area contributed by atoms with Crippen LogP contribution in [0, 0.1) is 0 Å². The summed E-state index contributed by atoms with van der Waals surface area (Å²) in [6.07, 6.45) is 3.51. The maximum Gasteiger partial charge on any atom is 0.225 e. The van der Waals surface area contributed by atoms with Gasteiger partial charge in [-0.1, -0.05) is 29.8 Å². The Morgan fingerprint density at radius 2 is 1.80 bits per heavy atom. The van der Waals surface area contributed by atoms with Crippen molar-refractivity contribution in [1.82, 2.24) is 15.0 Å². The van der Waals surface area contributed by atoms with Crippen LogP contribution in [0.2, 0.25) is 5.02 Å². The molecule has 0 aliphatic carbocycles. The van der Waals surface area contributed by atoms with Crippen molar-refractivity contribution in [2.24, 2.45) is 0 Å². The van der Waals surface area contributed by atoms with E-state index in [4.69, 9.17) is 11.6 Å². The maximum absolute atomic E-state index is 6.23. The zero-order chi connectivity index (χ0) is 17.6. The summed E-state index contributed by atoms with van der Waals surface area (Å²) < 4.78 is 0. The van der Waals surface area contributed by atoms with Crippen LogP contribution < -0.4 is 10.6 Å². The molecule has 2 aromatic heterocycles. The maximum atomic E-state index is 6.23. The van der Waals surface area contributed by atoms with E-state index in [0.717, 1.165) is 27.7 Å².